The van der Waals surface area contributed by atoms with Crippen LogP contribution in [0.2, 0.25) is 0 Å². The van der Waals surface area contributed by atoms with Crippen molar-refractivity contribution in [2.75, 3.05) is 26.7 Å². The SMILES string of the molecule is CC1C(=O)N2CCCC2C(=O)N1C1CCCN(C)C1. The number of rotatable bonds is 1. The van der Waals surface area contributed by atoms with E-state index >= 15 is 0 Å². The lowest BCUT2D eigenvalue weighted by molar-refractivity contribution is -0.162. The molecule has 106 valence electrons. The molecule has 3 atom stereocenters. The Hall–Kier alpha value is -1.10. The fourth-order valence-corrected chi connectivity index (χ4v) is 3.87. The molecule has 0 saturated carbocycles. The molecule has 3 heterocycles. The molecule has 3 fully saturated rings. The van der Waals surface area contributed by atoms with Crippen molar-refractivity contribution in [1.82, 2.24) is 14.7 Å². The Bertz CT molecular complexity index is 398. The first-order valence-corrected chi connectivity index (χ1v) is 7.41. The summed E-state index contributed by atoms with van der Waals surface area (Å²) in [5.74, 6) is 0.334. The molecule has 3 unspecified atom stereocenters. The Morgan fingerprint density at radius 2 is 1.79 bits per heavy atom. The standard InChI is InChI=1S/C14H23N3O2/c1-10-13(18)16-8-4-6-12(16)14(19)17(10)11-5-3-7-15(2)9-11/h10-12H,3-9H2,1-2H3. The van der Waals surface area contributed by atoms with Crippen molar-refractivity contribution < 1.29 is 9.59 Å². The number of likely N-dealkylation sites (tertiary alicyclic amines) is 1. The maximum absolute atomic E-state index is 12.7. The van der Waals surface area contributed by atoms with Crippen LogP contribution in [0.3, 0.4) is 0 Å². The molecular formula is C14H23N3O2. The predicted octanol–water partition coefficient (Wildman–Crippen LogP) is 0.302. The quantitative estimate of drug-likeness (QED) is 0.685. The van der Waals surface area contributed by atoms with Crippen LogP contribution in [-0.4, -0.2) is 71.3 Å². The van der Waals surface area contributed by atoms with E-state index in [0.29, 0.717) is 0 Å². The molecule has 0 aromatic carbocycles. The Kier molecular flexibility index (Phi) is 3.25. The Balaban J connectivity index is 1.83. The van der Waals surface area contributed by atoms with Gasteiger partial charge in [-0.25, -0.2) is 0 Å². The summed E-state index contributed by atoms with van der Waals surface area (Å²) in [5.41, 5.74) is 0. The first kappa shape index (κ1) is 12.9. The van der Waals surface area contributed by atoms with Crippen LogP contribution in [0, 0.1) is 0 Å². The minimum absolute atomic E-state index is 0.148. The Morgan fingerprint density at radius 3 is 2.53 bits per heavy atom. The van der Waals surface area contributed by atoms with E-state index in [1.165, 1.54) is 0 Å². The van der Waals surface area contributed by atoms with E-state index < -0.39 is 0 Å². The van der Waals surface area contributed by atoms with Crippen LogP contribution >= 0.6 is 0 Å². The highest BCUT2D eigenvalue weighted by Crippen LogP contribution is 2.30. The zero-order valence-electron chi connectivity index (χ0n) is 11.8. The number of carbonyl (C=O) groups excluding carboxylic acids is 2. The summed E-state index contributed by atoms with van der Waals surface area (Å²) in [5, 5.41) is 0. The van der Waals surface area contributed by atoms with Crippen LogP contribution in [0.1, 0.15) is 32.6 Å². The molecule has 19 heavy (non-hydrogen) atoms. The molecule has 0 aliphatic carbocycles. The van der Waals surface area contributed by atoms with Gasteiger partial charge in [-0.1, -0.05) is 0 Å². The second-order valence-electron chi connectivity index (χ2n) is 6.17. The number of nitrogens with zero attached hydrogens (tertiary/aromatic N) is 3. The van der Waals surface area contributed by atoms with E-state index in [-0.39, 0.29) is 29.9 Å². The van der Waals surface area contributed by atoms with Gasteiger partial charge in [0.05, 0.1) is 0 Å². The topological polar surface area (TPSA) is 43.9 Å². The Labute approximate surface area is 114 Å². The van der Waals surface area contributed by atoms with Gasteiger partial charge in [-0.3, -0.25) is 9.59 Å². The summed E-state index contributed by atoms with van der Waals surface area (Å²) >= 11 is 0. The number of fused-ring (bicyclic) bond motifs is 1. The lowest BCUT2D eigenvalue weighted by Crippen LogP contribution is -2.66. The average molecular weight is 265 g/mol. The predicted molar refractivity (Wildman–Crippen MR) is 71.6 cm³/mol. The van der Waals surface area contributed by atoms with Gasteiger partial charge in [0, 0.05) is 19.1 Å². The van der Waals surface area contributed by atoms with Crippen LogP contribution in [0.25, 0.3) is 0 Å². The normalized spacial score (nSPS) is 36.8. The highest BCUT2D eigenvalue weighted by atomic mass is 16.2. The number of likely N-dealkylation sites (N-methyl/N-ethyl adjacent to an activating group) is 1. The monoisotopic (exact) mass is 265 g/mol. The summed E-state index contributed by atoms with van der Waals surface area (Å²) in [6.45, 7) is 4.65. The molecule has 0 aromatic rings. The van der Waals surface area contributed by atoms with Crippen LogP contribution in [0.15, 0.2) is 0 Å². The molecule has 0 radical (unpaired) electrons. The number of piperidine rings is 1. The number of hydrogen-bond acceptors (Lipinski definition) is 3. The van der Waals surface area contributed by atoms with Gasteiger partial charge in [0.15, 0.2) is 0 Å². The summed E-state index contributed by atoms with van der Waals surface area (Å²) in [6.07, 6.45) is 3.95. The van der Waals surface area contributed by atoms with Gasteiger partial charge >= 0.3 is 0 Å². The zero-order valence-corrected chi connectivity index (χ0v) is 11.8. The number of piperazine rings is 1. The van der Waals surface area contributed by atoms with E-state index in [9.17, 15) is 9.59 Å². The van der Waals surface area contributed by atoms with E-state index in [0.717, 1.165) is 45.3 Å². The maximum Gasteiger partial charge on any atom is 0.246 e. The molecule has 0 aromatic heterocycles. The third-order valence-corrected chi connectivity index (χ3v) is 4.84. The first-order valence-electron chi connectivity index (χ1n) is 7.41. The van der Waals surface area contributed by atoms with Gasteiger partial charge < -0.3 is 14.7 Å². The fraction of sp³-hybridized carbons (Fsp3) is 0.857. The minimum Gasteiger partial charge on any atom is -0.329 e. The van der Waals surface area contributed by atoms with E-state index in [4.69, 9.17) is 0 Å². The van der Waals surface area contributed by atoms with Crippen LogP contribution < -0.4 is 0 Å². The van der Waals surface area contributed by atoms with Gasteiger partial charge in [-0.05, 0) is 46.2 Å². The summed E-state index contributed by atoms with van der Waals surface area (Å²) in [4.78, 5) is 31.0. The average Bonchev–Trinajstić information content (AvgIpc) is 2.86. The number of hydrogen-bond donors (Lipinski definition) is 0. The molecule has 0 N–H and O–H groups in total. The van der Waals surface area contributed by atoms with Gasteiger partial charge in [-0.15, -0.1) is 0 Å². The lowest BCUT2D eigenvalue weighted by Gasteiger charge is -2.47. The van der Waals surface area contributed by atoms with Crippen LogP contribution in [0.5, 0.6) is 0 Å². The zero-order chi connectivity index (χ0) is 13.6. The van der Waals surface area contributed by atoms with Crippen molar-refractivity contribution in [3.05, 3.63) is 0 Å². The maximum atomic E-state index is 12.7. The molecule has 3 saturated heterocycles. The van der Waals surface area contributed by atoms with Crippen molar-refractivity contribution >= 4 is 11.8 Å². The van der Waals surface area contributed by atoms with Crippen molar-refractivity contribution in [3.8, 4) is 0 Å². The lowest BCUT2D eigenvalue weighted by atomic mass is 9.98. The van der Waals surface area contributed by atoms with Crippen LogP contribution in [0.4, 0.5) is 0 Å². The molecule has 2 amide bonds. The molecule has 3 aliphatic rings. The number of carbonyl (C=O) groups is 2. The molecule has 0 spiro atoms. The van der Waals surface area contributed by atoms with Gasteiger partial charge in [0.25, 0.3) is 0 Å². The molecule has 5 heteroatoms. The van der Waals surface area contributed by atoms with Crippen molar-refractivity contribution in [1.29, 1.82) is 0 Å². The highest BCUT2D eigenvalue weighted by Gasteiger charge is 2.48. The molecule has 3 aliphatic heterocycles. The highest BCUT2D eigenvalue weighted by molar-refractivity contribution is 5.97. The molecule has 3 rings (SSSR count). The Morgan fingerprint density at radius 1 is 1.05 bits per heavy atom. The van der Waals surface area contributed by atoms with Crippen molar-refractivity contribution in [2.24, 2.45) is 0 Å². The fourth-order valence-electron chi connectivity index (χ4n) is 3.87. The minimum atomic E-state index is -0.279. The number of amides is 2. The second-order valence-corrected chi connectivity index (χ2v) is 6.17. The summed E-state index contributed by atoms with van der Waals surface area (Å²) < 4.78 is 0. The molecular weight excluding hydrogens is 242 g/mol. The first-order chi connectivity index (χ1) is 9.09. The van der Waals surface area contributed by atoms with Gasteiger partial charge in [0.2, 0.25) is 11.8 Å². The van der Waals surface area contributed by atoms with E-state index in [1.807, 2.05) is 11.8 Å². The van der Waals surface area contributed by atoms with Crippen LogP contribution in [-0.2, 0) is 9.59 Å². The summed E-state index contributed by atoms with van der Waals surface area (Å²) in [6, 6.07) is -0.234. The largest absolute Gasteiger partial charge is 0.329 e. The second kappa shape index (κ2) is 4.78. The van der Waals surface area contributed by atoms with E-state index in [1.54, 1.807) is 4.90 Å². The van der Waals surface area contributed by atoms with Gasteiger partial charge in [-0.2, -0.15) is 0 Å². The molecule has 0 bridgehead atoms. The third-order valence-electron chi connectivity index (χ3n) is 4.84. The smallest absolute Gasteiger partial charge is 0.246 e. The van der Waals surface area contributed by atoms with Gasteiger partial charge in [0.1, 0.15) is 12.1 Å². The van der Waals surface area contributed by atoms with Crippen molar-refractivity contribution in [3.63, 3.8) is 0 Å². The van der Waals surface area contributed by atoms with E-state index in [2.05, 4.69) is 11.9 Å². The van der Waals surface area contributed by atoms with Crippen molar-refractivity contribution in [2.45, 2.75) is 50.7 Å². The third kappa shape index (κ3) is 2.04. The molecule has 5 nitrogen and oxygen atoms in total. The summed E-state index contributed by atoms with van der Waals surface area (Å²) in [7, 11) is 2.09.